The fourth-order valence-corrected chi connectivity index (χ4v) is 2.98. The average molecular weight is 280 g/mol. The molecule has 0 saturated carbocycles. The van der Waals surface area contributed by atoms with E-state index in [1.807, 2.05) is 6.07 Å². The fourth-order valence-electron chi connectivity index (χ4n) is 2.98. The zero-order chi connectivity index (χ0) is 14.4. The summed E-state index contributed by atoms with van der Waals surface area (Å²) in [6.07, 6.45) is 3.40. The minimum absolute atomic E-state index is 0.101. The molecule has 0 aromatic heterocycles. The van der Waals surface area contributed by atoms with Crippen LogP contribution < -0.4 is 10.2 Å². The van der Waals surface area contributed by atoms with Gasteiger partial charge in [-0.1, -0.05) is 19.1 Å². The summed E-state index contributed by atoms with van der Waals surface area (Å²) in [6.45, 7) is 5.28. The molecule has 4 heteroatoms. The molecule has 1 atom stereocenters. The fraction of sp³-hybridized carbons (Fsp3) is 0.625. The van der Waals surface area contributed by atoms with Gasteiger partial charge in [-0.3, -0.25) is 0 Å². The second kappa shape index (κ2) is 7.60. The Balaban J connectivity index is 2.13. The second-order valence-corrected chi connectivity index (χ2v) is 5.31. The van der Waals surface area contributed by atoms with E-state index in [2.05, 4.69) is 17.1 Å². The van der Waals surface area contributed by atoms with E-state index in [1.54, 1.807) is 19.2 Å². The largest absolute Gasteiger partial charge is 0.383 e. The molecule has 1 aliphatic heterocycles. The molecule has 0 bridgehead atoms. The quantitative estimate of drug-likeness (QED) is 0.777. The van der Waals surface area contributed by atoms with Crippen molar-refractivity contribution in [2.24, 2.45) is 0 Å². The van der Waals surface area contributed by atoms with Crippen molar-refractivity contribution in [2.75, 3.05) is 31.7 Å². The normalized spacial score (nSPS) is 18.8. The number of hydrogen-bond donors (Lipinski definition) is 1. The molecule has 1 aromatic rings. The van der Waals surface area contributed by atoms with Crippen LogP contribution in [0.1, 0.15) is 31.7 Å². The lowest BCUT2D eigenvalue weighted by Gasteiger charge is -2.28. The highest BCUT2D eigenvalue weighted by molar-refractivity contribution is 5.56. The summed E-state index contributed by atoms with van der Waals surface area (Å²) >= 11 is 0. The van der Waals surface area contributed by atoms with Crippen LogP contribution in [0.5, 0.6) is 0 Å². The van der Waals surface area contributed by atoms with Crippen molar-refractivity contribution in [3.8, 4) is 0 Å². The minimum atomic E-state index is -0.101. The predicted molar refractivity (Wildman–Crippen MR) is 80.6 cm³/mol. The zero-order valence-corrected chi connectivity index (χ0v) is 12.5. The van der Waals surface area contributed by atoms with Crippen molar-refractivity contribution in [3.05, 3.63) is 29.6 Å². The third kappa shape index (κ3) is 3.49. The van der Waals surface area contributed by atoms with Crippen molar-refractivity contribution >= 4 is 5.69 Å². The van der Waals surface area contributed by atoms with Crippen LogP contribution in [-0.2, 0) is 11.3 Å². The molecule has 1 saturated heterocycles. The Bertz CT molecular complexity index is 425. The van der Waals surface area contributed by atoms with E-state index in [0.717, 1.165) is 37.2 Å². The van der Waals surface area contributed by atoms with Gasteiger partial charge in [0.05, 0.1) is 12.3 Å². The molecule has 3 nitrogen and oxygen atoms in total. The summed E-state index contributed by atoms with van der Waals surface area (Å²) < 4.78 is 19.3. The molecular weight excluding hydrogens is 255 g/mol. The Morgan fingerprint density at radius 3 is 3.05 bits per heavy atom. The summed E-state index contributed by atoms with van der Waals surface area (Å²) in [7, 11) is 1.69. The maximum atomic E-state index is 14.3. The third-order valence-corrected chi connectivity index (χ3v) is 4.00. The topological polar surface area (TPSA) is 24.5 Å². The smallest absolute Gasteiger partial charge is 0.146 e. The van der Waals surface area contributed by atoms with Crippen molar-refractivity contribution in [1.82, 2.24) is 5.32 Å². The van der Waals surface area contributed by atoms with Crippen LogP contribution in [0.2, 0.25) is 0 Å². The average Bonchev–Trinajstić information content (AvgIpc) is 2.91. The number of ether oxygens (including phenoxy) is 1. The first-order chi connectivity index (χ1) is 9.77. The summed E-state index contributed by atoms with van der Waals surface area (Å²) in [5, 5.41) is 3.31. The van der Waals surface area contributed by atoms with Gasteiger partial charge in [-0.2, -0.15) is 0 Å². The Kier molecular flexibility index (Phi) is 5.80. The molecular formula is C16H25FN2O. The van der Waals surface area contributed by atoms with E-state index in [0.29, 0.717) is 19.2 Å². The first-order valence-electron chi connectivity index (χ1n) is 7.51. The van der Waals surface area contributed by atoms with Gasteiger partial charge in [-0.05, 0) is 30.9 Å². The van der Waals surface area contributed by atoms with Gasteiger partial charge in [0.1, 0.15) is 5.82 Å². The van der Waals surface area contributed by atoms with Crippen molar-refractivity contribution in [1.29, 1.82) is 0 Å². The van der Waals surface area contributed by atoms with Crippen LogP contribution in [0.25, 0.3) is 0 Å². The molecule has 20 heavy (non-hydrogen) atoms. The lowest BCUT2D eigenvalue weighted by atomic mass is 10.1. The number of nitrogens with zero attached hydrogens (tertiary/aromatic N) is 1. The lowest BCUT2D eigenvalue weighted by molar-refractivity contribution is 0.199. The second-order valence-electron chi connectivity index (χ2n) is 5.31. The predicted octanol–water partition coefficient (Wildman–Crippen LogP) is 2.94. The van der Waals surface area contributed by atoms with E-state index in [9.17, 15) is 4.39 Å². The molecule has 0 spiro atoms. The number of rotatable bonds is 7. The van der Waals surface area contributed by atoms with Crippen LogP contribution in [0.15, 0.2) is 18.2 Å². The van der Waals surface area contributed by atoms with E-state index < -0.39 is 0 Å². The van der Waals surface area contributed by atoms with Gasteiger partial charge in [0.15, 0.2) is 0 Å². The van der Waals surface area contributed by atoms with Crippen LogP contribution in [0.3, 0.4) is 0 Å². The van der Waals surface area contributed by atoms with Crippen molar-refractivity contribution < 1.29 is 9.13 Å². The van der Waals surface area contributed by atoms with E-state index >= 15 is 0 Å². The monoisotopic (exact) mass is 280 g/mol. The number of anilines is 1. The minimum Gasteiger partial charge on any atom is -0.383 e. The van der Waals surface area contributed by atoms with Gasteiger partial charge in [0, 0.05) is 32.8 Å². The highest BCUT2D eigenvalue weighted by atomic mass is 19.1. The molecule has 1 aromatic carbocycles. The molecule has 0 radical (unpaired) electrons. The number of hydrogen-bond acceptors (Lipinski definition) is 3. The number of halogens is 1. The highest BCUT2D eigenvalue weighted by Crippen LogP contribution is 2.32. The van der Waals surface area contributed by atoms with E-state index in [4.69, 9.17) is 4.74 Å². The molecule has 1 N–H and O–H groups in total. The number of nitrogens with one attached hydrogen (secondary N) is 1. The van der Waals surface area contributed by atoms with Crippen LogP contribution in [0.4, 0.5) is 10.1 Å². The Hall–Kier alpha value is -1.13. The SMILES string of the molecule is CCC1CCCN1c1c(F)cccc1CNCCOC. The standard InChI is InChI=1S/C16H25FN2O/c1-3-14-7-5-10-19(14)16-13(6-4-8-15(16)17)12-18-9-11-20-2/h4,6,8,14,18H,3,5,7,9-12H2,1-2H3. The number of benzene rings is 1. The number of para-hydroxylation sites is 1. The number of methoxy groups -OCH3 is 1. The molecule has 1 fully saturated rings. The first-order valence-corrected chi connectivity index (χ1v) is 7.51. The molecule has 1 heterocycles. The van der Waals surface area contributed by atoms with Gasteiger partial charge in [-0.15, -0.1) is 0 Å². The summed E-state index contributed by atoms with van der Waals surface area (Å²) in [4.78, 5) is 2.25. The van der Waals surface area contributed by atoms with Gasteiger partial charge >= 0.3 is 0 Å². The van der Waals surface area contributed by atoms with Gasteiger partial charge in [-0.25, -0.2) is 4.39 Å². The van der Waals surface area contributed by atoms with Crippen molar-refractivity contribution in [2.45, 2.75) is 38.8 Å². The Morgan fingerprint density at radius 2 is 2.30 bits per heavy atom. The lowest BCUT2D eigenvalue weighted by Crippen LogP contribution is -2.31. The first kappa shape index (κ1) is 15.3. The molecule has 112 valence electrons. The summed E-state index contributed by atoms with van der Waals surface area (Å²) in [5.41, 5.74) is 1.84. The Labute approximate surface area is 121 Å². The van der Waals surface area contributed by atoms with Gasteiger partial charge in [0.25, 0.3) is 0 Å². The van der Waals surface area contributed by atoms with Gasteiger partial charge in [0.2, 0.25) is 0 Å². The molecule has 2 rings (SSSR count). The van der Waals surface area contributed by atoms with Crippen LogP contribution >= 0.6 is 0 Å². The van der Waals surface area contributed by atoms with Crippen LogP contribution in [-0.4, -0.2) is 32.8 Å². The molecule has 1 aliphatic rings. The third-order valence-electron chi connectivity index (χ3n) is 4.00. The molecule has 0 amide bonds. The zero-order valence-electron chi connectivity index (χ0n) is 12.5. The maximum Gasteiger partial charge on any atom is 0.146 e. The molecule has 1 unspecified atom stereocenters. The summed E-state index contributed by atoms with van der Waals surface area (Å²) in [6, 6.07) is 5.86. The van der Waals surface area contributed by atoms with E-state index in [1.165, 1.54) is 6.42 Å². The van der Waals surface area contributed by atoms with E-state index in [-0.39, 0.29) is 5.82 Å². The van der Waals surface area contributed by atoms with Crippen LogP contribution in [0, 0.1) is 5.82 Å². The summed E-state index contributed by atoms with van der Waals surface area (Å²) in [5.74, 6) is -0.101. The Morgan fingerprint density at radius 1 is 1.45 bits per heavy atom. The highest BCUT2D eigenvalue weighted by Gasteiger charge is 2.26. The maximum absolute atomic E-state index is 14.3. The van der Waals surface area contributed by atoms with Crippen molar-refractivity contribution in [3.63, 3.8) is 0 Å². The van der Waals surface area contributed by atoms with Gasteiger partial charge < -0.3 is 15.0 Å². The molecule has 0 aliphatic carbocycles.